The number of anilines is 1. The first-order valence-corrected chi connectivity index (χ1v) is 3.12. The van der Waals surface area contributed by atoms with E-state index in [9.17, 15) is 10.1 Å². The van der Waals surface area contributed by atoms with Gasteiger partial charge in [0.25, 0.3) is 5.69 Å². The van der Waals surface area contributed by atoms with Crippen molar-refractivity contribution in [1.82, 2.24) is 0 Å². The van der Waals surface area contributed by atoms with Crippen LogP contribution in [-0.2, 0) is 0 Å². The molecule has 1 aromatic rings. The second-order valence-electron chi connectivity index (χ2n) is 2.32. The molecule has 5 heteroatoms. The molecule has 0 spiro atoms. The van der Waals surface area contributed by atoms with E-state index in [1.165, 1.54) is 12.1 Å². The van der Waals surface area contributed by atoms with Gasteiger partial charge in [-0.2, -0.15) is 0 Å². The van der Waals surface area contributed by atoms with E-state index >= 15 is 0 Å². The molecule has 0 saturated carbocycles. The molecule has 0 heterocycles. The Morgan fingerprint density at radius 1 is 1.50 bits per heavy atom. The van der Waals surface area contributed by atoms with Crippen molar-refractivity contribution in [2.24, 2.45) is 0 Å². The Labute approximate surface area is 75.9 Å². The molecule has 66 valence electrons. The molecule has 12 heavy (non-hydrogen) atoms. The monoisotopic (exact) mass is 188 g/mol. The number of hydrogen-bond acceptors (Lipinski definition) is 3. The number of nitrogen functional groups attached to an aromatic ring is 1. The molecule has 0 saturated heterocycles. The van der Waals surface area contributed by atoms with Gasteiger partial charge in [-0.1, -0.05) is 6.07 Å². The Kier molecular flexibility index (Phi) is 3.50. The van der Waals surface area contributed by atoms with Crippen LogP contribution in [0.15, 0.2) is 18.2 Å². The van der Waals surface area contributed by atoms with Gasteiger partial charge >= 0.3 is 0 Å². The number of nitro groups is 1. The lowest BCUT2D eigenvalue weighted by Gasteiger charge is -1.96. The summed E-state index contributed by atoms with van der Waals surface area (Å²) in [5, 5.41) is 10.3. The third-order valence-electron chi connectivity index (χ3n) is 1.38. The van der Waals surface area contributed by atoms with Gasteiger partial charge in [-0.15, -0.1) is 12.4 Å². The van der Waals surface area contributed by atoms with Crippen LogP contribution in [0.3, 0.4) is 0 Å². The Bertz CT molecular complexity index is 301. The van der Waals surface area contributed by atoms with E-state index in [0.717, 1.165) is 5.56 Å². The second kappa shape index (κ2) is 3.92. The van der Waals surface area contributed by atoms with E-state index < -0.39 is 4.92 Å². The third kappa shape index (κ3) is 2.10. The first kappa shape index (κ1) is 10.7. The molecule has 0 bridgehead atoms. The molecular weight excluding hydrogens is 180 g/mol. The van der Waals surface area contributed by atoms with Gasteiger partial charge in [0.1, 0.15) is 5.69 Å². The molecule has 4 nitrogen and oxygen atoms in total. The number of aryl methyl sites for hydroxylation is 1. The smallest absolute Gasteiger partial charge is 0.292 e. The average molecular weight is 189 g/mol. The van der Waals surface area contributed by atoms with E-state index in [1.807, 2.05) is 0 Å². The fourth-order valence-corrected chi connectivity index (χ4v) is 0.812. The van der Waals surface area contributed by atoms with Crippen molar-refractivity contribution in [3.63, 3.8) is 0 Å². The first-order chi connectivity index (χ1) is 5.11. The summed E-state index contributed by atoms with van der Waals surface area (Å²) in [7, 11) is 0. The van der Waals surface area contributed by atoms with Gasteiger partial charge in [0, 0.05) is 6.07 Å². The normalized spacial score (nSPS) is 8.75. The van der Waals surface area contributed by atoms with Crippen LogP contribution < -0.4 is 5.73 Å². The Morgan fingerprint density at radius 3 is 2.50 bits per heavy atom. The van der Waals surface area contributed by atoms with E-state index in [-0.39, 0.29) is 23.8 Å². The number of nitrogens with zero attached hydrogens (tertiary/aromatic N) is 1. The van der Waals surface area contributed by atoms with Crippen molar-refractivity contribution >= 4 is 23.8 Å². The van der Waals surface area contributed by atoms with E-state index in [2.05, 4.69) is 0 Å². The molecule has 0 radical (unpaired) electrons. The molecule has 2 N–H and O–H groups in total. The average Bonchev–Trinajstić information content (AvgIpc) is 1.94. The lowest BCUT2D eigenvalue weighted by Crippen LogP contribution is -1.95. The maximum absolute atomic E-state index is 10.3. The predicted octanol–water partition coefficient (Wildman–Crippen LogP) is 1.91. The number of benzene rings is 1. The molecule has 0 unspecified atom stereocenters. The van der Waals surface area contributed by atoms with Gasteiger partial charge in [-0.25, -0.2) is 0 Å². The summed E-state index contributed by atoms with van der Waals surface area (Å²) >= 11 is 0. The summed E-state index contributed by atoms with van der Waals surface area (Å²) in [4.78, 5) is 9.82. The molecule has 0 aliphatic rings. The Balaban J connectivity index is 0.00000121. The topological polar surface area (TPSA) is 69.2 Å². The minimum atomic E-state index is -0.484. The number of halogens is 1. The quantitative estimate of drug-likeness (QED) is 0.416. The van der Waals surface area contributed by atoms with Gasteiger partial charge in [-0.3, -0.25) is 10.1 Å². The van der Waals surface area contributed by atoms with Crippen LogP contribution in [0.4, 0.5) is 11.4 Å². The maximum atomic E-state index is 10.3. The molecule has 0 aliphatic carbocycles. The first-order valence-electron chi connectivity index (χ1n) is 3.12. The van der Waals surface area contributed by atoms with Crippen molar-refractivity contribution in [2.75, 3.05) is 5.73 Å². The summed E-state index contributed by atoms with van der Waals surface area (Å²) in [6, 6.07) is 4.73. The zero-order valence-electron chi connectivity index (χ0n) is 6.48. The standard InChI is InChI=1S/C7H8N2O2.ClH/c1-5-2-3-6(8)7(4-5)9(10)11;/h2-4H,8H2,1H3;1H. The van der Waals surface area contributed by atoms with Gasteiger partial charge in [0.05, 0.1) is 4.92 Å². The van der Waals surface area contributed by atoms with E-state index in [0.29, 0.717) is 0 Å². The van der Waals surface area contributed by atoms with Gasteiger partial charge < -0.3 is 5.73 Å². The highest BCUT2D eigenvalue weighted by molar-refractivity contribution is 5.85. The molecule has 1 rings (SSSR count). The largest absolute Gasteiger partial charge is 0.393 e. The predicted molar refractivity (Wildman–Crippen MR) is 49.5 cm³/mol. The van der Waals surface area contributed by atoms with E-state index in [1.54, 1.807) is 13.0 Å². The number of nitrogens with two attached hydrogens (primary N) is 1. The van der Waals surface area contributed by atoms with Crippen LogP contribution >= 0.6 is 12.4 Å². The van der Waals surface area contributed by atoms with Crippen LogP contribution in [-0.4, -0.2) is 4.92 Å². The molecule has 0 atom stereocenters. The molecule has 0 fully saturated rings. The van der Waals surface area contributed by atoms with Crippen LogP contribution in [0.1, 0.15) is 5.56 Å². The lowest BCUT2D eigenvalue weighted by molar-refractivity contribution is -0.383. The molecule has 0 amide bonds. The number of rotatable bonds is 1. The van der Waals surface area contributed by atoms with E-state index in [4.69, 9.17) is 5.73 Å². The number of nitro benzene ring substituents is 1. The van der Waals surface area contributed by atoms with Crippen molar-refractivity contribution in [2.45, 2.75) is 6.92 Å². The molecule has 0 aromatic heterocycles. The minimum Gasteiger partial charge on any atom is -0.393 e. The van der Waals surface area contributed by atoms with Crippen molar-refractivity contribution in [1.29, 1.82) is 0 Å². The zero-order valence-corrected chi connectivity index (χ0v) is 7.30. The third-order valence-corrected chi connectivity index (χ3v) is 1.38. The zero-order chi connectivity index (χ0) is 8.43. The highest BCUT2D eigenvalue weighted by Crippen LogP contribution is 2.21. The molecule has 0 aliphatic heterocycles. The SMILES string of the molecule is Cc1ccc(N)c([N+](=O)[O-])c1.Cl. The van der Waals surface area contributed by atoms with Gasteiger partial charge in [0.2, 0.25) is 0 Å². The minimum absolute atomic E-state index is 0. The second-order valence-corrected chi connectivity index (χ2v) is 2.32. The fourth-order valence-electron chi connectivity index (χ4n) is 0.812. The summed E-state index contributed by atoms with van der Waals surface area (Å²) in [5.41, 5.74) is 6.37. The highest BCUT2D eigenvalue weighted by atomic mass is 35.5. The van der Waals surface area contributed by atoms with Gasteiger partial charge in [-0.05, 0) is 18.6 Å². The summed E-state index contributed by atoms with van der Waals surface area (Å²) in [5.74, 6) is 0. The van der Waals surface area contributed by atoms with Crippen molar-refractivity contribution in [3.05, 3.63) is 33.9 Å². The molecule has 1 aromatic carbocycles. The van der Waals surface area contributed by atoms with Crippen molar-refractivity contribution in [3.8, 4) is 0 Å². The van der Waals surface area contributed by atoms with Crippen LogP contribution in [0, 0.1) is 17.0 Å². The summed E-state index contributed by atoms with van der Waals surface area (Å²) in [6.07, 6.45) is 0. The van der Waals surface area contributed by atoms with Gasteiger partial charge in [0.15, 0.2) is 0 Å². The van der Waals surface area contributed by atoms with Crippen LogP contribution in [0.2, 0.25) is 0 Å². The molecular formula is C7H9ClN2O2. The fraction of sp³-hybridized carbons (Fsp3) is 0.143. The summed E-state index contributed by atoms with van der Waals surface area (Å²) in [6.45, 7) is 1.78. The number of hydrogen-bond donors (Lipinski definition) is 1. The lowest BCUT2D eigenvalue weighted by atomic mass is 10.2. The van der Waals surface area contributed by atoms with Crippen LogP contribution in [0.25, 0.3) is 0 Å². The maximum Gasteiger partial charge on any atom is 0.292 e. The Morgan fingerprint density at radius 2 is 2.08 bits per heavy atom. The van der Waals surface area contributed by atoms with Crippen molar-refractivity contribution < 1.29 is 4.92 Å². The van der Waals surface area contributed by atoms with Crippen LogP contribution in [0.5, 0.6) is 0 Å². The summed E-state index contributed by atoms with van der Waals surface area (Å²) < 4.78 is 0. The highest BCUT2D eigenvalue weighted by Gasteiger charge is 2.09. The Hall–Kier alpha value is -1.29.